The molecule has 1 atom stereocenters. The minimum absolute atomic E-state index is 0.251. The van der Waals surface area contributed by atoms with Crippen LogP contribution in [0.1, 0.15) is 32.8 Å². The first kappa shape index (κ1) is 19.1. The van der Waals surface area contributed by atoms with E-state index in [2.05, 4.69) is 15.9 Å². The fourth-order valence-corrected chi connectivity index (χ4v) is 4.82. The molecule has 1 aliphatic heterocycles. The van der Waals surface area contributed by atoms with E-state index in [1.807, 2.05) is 43.3 Å². The van der Waals surface area contributed by atoms with Gasteiger partial charge in [0, 0.05) is 5.56 Å². The first-order valence-corrected chi connectivity index (χ1v) is 10.5. The first-order chi connectivity index (χ1) is 13.4. The summed E-state index contributed by atoms with van der Waals surface area (Å²) in [6, 6.07) is 18.6. The molecule has 142 valence electrons. The first-order valence-electron chi connectivity index (χ1n) is 8.86. The quantitative estimate of drug-likeness (QED) is 0.560. The number of ketones is 1. The zero-order valence-electron chi connectivity index (χ0n) is 15.2. The highest BCUT2D eigenvalue weighted by atomic mass is 79.9. The highest BCUT2D eigenvalue weighted by molar-refractivity contribution is 9.11. The minimum Gasteiger partial charge on any atom is -0.375 e. The zero-order chi connectivity index (χ0) is 19.9. The minimum atomic E-state index is -1.85. The lowest BCUT2D eigenvalue weighted by Crippen LogP contribution is -2.41. The molecule has 0 radical (unpaired) electrons. The van der Waals surface area contributed by atoms with E-state index >= 15 is 0 Å². The molecule has 0 bridgehead atoms. The van der Waals surface area contributed by atoms with Gasteiger partial charge in [0.15, 0.2) is 11.4 Å². The summed E-state index contributed by atoms with van der Waals surface area (Å²) in [4.78, 5) is 28.1. The Bertz CT molecular complexity index is 1060. The fourth-order valence-electron chi connectivity index (χ4n) is 3.49. The van der Waals surface area contributed by atoms with Crippen molar-refractivity contribution in [1.29, 1.82) is 0 Å². The molecule has 2 heterocycles. The molecule has 0 saturated carbocycles. The van der Waals surface area contributed by atoms with Crippen molar-refractivity contribution in [3.63, 3.8) is 0 Å². The van der Waals surface area contributed by atoms with Gasteiger partial charge in [0.2, 0.25) is 0 Å². The molecule has 0 saturated heterocycles. The van der Waals surface area contributed by atoms with Gasteiger partial charge in [0.05, 0.1) is 27.3 Å². The van der Waals surface area contributed by atoms with E-state index in [1.165, 1.54) is 11.3 Å². The molecule has 1 aromatic heterocycles. The standard InChI is InChI=1S/C22H18BrNO3S/c1-14-6-8-15(9-7-14)13-24-17-5-3-2-4-16(17)22(27,21(24)26)12-18(25)19-10-11-20(23)28-19/h2-11,27H,12-13H2,1H3. The number of anilines is 1. The van der Waals surface area contributed by atoms with Crippen molar-refractivity contribution in [2.45, 2.75) is 25.5 Å². The summed E-state index contributed by atoms with van der Waals surface area (Å²) in [5.74, 6) is -0.711. The Kier molecular flexibility index (Phi) is 4.95. The predicted octanol–water partition coefficient (Wildman–Crippen LogP) is 4.83. The third-order valence-corrected chi connectivity index (χ3v) is 6.63. The molecular formula is C22H18BrNO3S. The van der Waals surface area contributed by atoms with E-state index in [0.29, 0.717) is 22.7 Å². The second-order valence-corrected chi connectivity index (χ2v) is 9.42. The monoisotopic (exact) mass is 455 g/mol. The maximum atomic E-state index is 13.2. The Morgan fingerprint density at radius 1 is 1.11 bits per heavy atom. The van der Waals surface area contributed by atoms with Crippen LogP contribution in [0.15, 0.2) is 64.5 Å². The third-order valence-electron chi connectivity index (χ3n) is 4.97. The largest absolute Gasteiger partial charge is 0.375 e. The lowest BCUT2D eigenvalue weighted by Gasteiger charge is -2.22. The summed E-state index contributed by atoms with van der Waals surface area (Å²) in [5, 5.41) is 11.3. The Morgan fingerprint density at radius 2 is 1.82 bits per heavy atom. The molecule has 1 amide bonds. The number of benzene rings is 2. The van der Waals surface area contributed by atoms with Crippen LogP contribution in [0, 0.1) is 6.92 Å². The van der Waals surface area contributed by atoms with E-state index in [1.54, 1.807) is 29.2 Å². The van der Waals surface area contributed by atoms with Gasteiger partial charge in [-0.3, -0.25) is 9.59 Å². The Morgan fingerprint density at radius 3 is 2.50 bits per heavy atom. The van der Waals surface area contributed by atoms with Gasteiger partial charge >= 0.3 is 0 Å². The SMILES string of the molecule is Cc1ccc(CN2C(=O)C(O)(CC(=O)c3ccc(Br)s3)c3ccccc32)cc1. The molecule has 1 aliphatic rings. The molecule has 6 heteroatoms. The molecular weight excluding hydrogens is 438 g/mol. The van der Waals surface area contributed by atoms with Gasteiger partial charge in [0.25, 0.3) is 5.91 Å². The van der Waals surface area contributed by atoms with Gasteiger partial charge in [-0.15, -0.1) is 11.3 Å². The maximum absolute atomic E-state index is 13.2. The van der Waals surface area contributed by atoms with Crippen molar-refractivity contribution in [3.05, 3.63) is 86.0 Å². The number of thiophene rings is 1. The number of para-hydroxylation sites is 1. The predicted molar refractivity (Wildman–Crippen MR) is 114 cm³/mol. The summed E-state index contributed by atoms with van der Waals surface area (Å²) < 4.78 is 0.835. The number of Topliss-reactive ketones (excluding diaryl/α,β-unsaturated/α-hetero) is 1. The number of nitrogens with zero attached hydrogens (tertiary/aromatic N) is 1. The van der Waals surface area contributed by atoms with Crippen LogP contribution in [-0.4, -0.2) is 16.8 Å². The van der Waals surface area contributed by atoms with Crippen LogP contribution in [0.25, 0.3) is 0 Å². The van der Waals surface area contributed by atoms with Gasteiger partial charge in [0.1, 0.15) is 0 Å². The van der Waals surface area contributed by atoms with E-state index < -0.39 is 11.5 Å². The van der Waals surface area contributed by atoms with Crippen LogP contribution in [0.4, 0.5) is 5.69 Å². The van der Waals surface area contributed by atoms with Gasteiger partial charge in [-0.2, -0.15) is 0 Å². The number of fused-ring (bicyclic) bond motifs is 1. The summed E-state index contributed by atoms with van der Waals surface area (Å²) in [6.45, 7) is 2.35. The smallest absolute Gasteiger partial charge is 0.264 e. The lowest BCUT2D eigenvalue weighted by atomic mass is 9.89. The number of aliphatic hydroxyl groups is 1. The van der Waals surface area contributed by atoms with Crippen LogP contribution in [0.3, 0.4) is 0 Å². The third kappa shape index (κ3) is 3.32. The van der Waals surface area contributed by atoms with Crippen molar-refractivity contribution in [3.8, 4) is 0 Å². The summed E-state index contributed by atoms with van der Waals surface area (Å²) in [6.07, 6.45) is -0.278. The van der Waals surface area contributed by atoms with Gasteiger partial charge in [-0.1, -0.05) is 48.0 Å². The van der Waals surface area contributed by atoms with Crippen LogP contribution in [0.5, 0.6) is 0 Å². The van der Waals surface area contributed by atoms with Crippen LogP contribution in [-0.2, 0) is 16.9 Å². The molecule has 0 fully saturated rings. The fraction of sp³-hybridized carbons (Fsp3) is 0.182. The van der Waals surface area contributed by atoms with E-state index in [4.69, 9.17) is 0 Å². The van der Waals surface area contributed by atoms with E-state index in [-0.39, 0.29) is 12.2 Å². The molecule has 28 heavy (non-hydrogen) atoms. The molecule has 3 aromatic rings. The van der Waals surface area contributed by atoms with Gasteiger partial charge in [-0.25, -0.2) is 0 Å². The molecule has 1 N–H and O–H groups in total. The van der Waals surface area contributed by atoms with Crippen molar-refractivity contribution in [1.82, 2.24) is 0 Å². The molecule has 1 unspecified atom stereocenters. The summed E-state index contributed by atoms with van der Waals surface area (Å²) in [7, 11) is 0. The molecule has 0 spiro atoms. The molecule has 4 rings (SSSR count). The Balaban J connectivity index is 1.67. The zero-order valence-corrected chi connectivity index (χ0v) is 17.6. The summed E-state index contributed by atoms with van der Waals surface area (Å²) in [5.41, 5.74) is 1.38. The van der Waals surface area contributed by atoms with E-state index in [0.717, 1.165) is 14.9 Å². The number of rotatable bonds is 5. The van der Waals surface area contributed by atoms with E-state index in [9.17, 15) is 14.7 Å². The maximum Gasteiger partial charge on any atom is 0.264 e. The molecule has 2 aromatic carbocycles. The number of halogens is 1. The van der Waals surface area contributed by atoms with Crippen LogP contribution in [0.2, 0.25) is 0 Å². The number of carbonyl (C=O) groups excluding carboxylic acids is 2. The number of aryl methyl sites for hydroxylation is 1. The topological polar surface area (TPSA) is 57.6 Å². The molecule has 0 aliphatic carbocycles. The summed E-state index contributed by atoms with van der Waals surface area (Å²) >= 11 is 4.64. The van der Waals surface area contributed by atoms with Gasteiger partial charge < -0.3 is 10.0 Å². The highest BCUT2D eigenvalue weighted by Gasteiger charge is 2.50. The van der Waals surface area contributed by atoms with Crippen LogP contribution >= 0.6 is 27.3 Å². The van der Waals surface area contributed by atoms with Crippen molar-refractivity contribution >= 4 is 44.6 Å². The van der Waals surface area contributed by atoms with Crippen molar-refractivity contribution in [2.24, 2.45) is 0 Å². The second-order valence-electron chi connectivity index (χ2n) is 6.96. The normalized spacial score (nSPS) is 18.4. The number of amides is 1. The molecule has 4 nitrogen and oxygen atoms in total. The number of hydrogen-bond acceptors (Lipinski definition) is 4. The average Bonchev–Trinajstić information content (AvgIpc) is 3.20. The Labute approximate surface area is 175 Å². The van der Waals surface area contributed by atoms with Gasteiger partial charge in [-0.05, 0) is 46.6 Å². The number of carbonyl (C=O) groups is 2. The van der Waals surface area contributed by atoms with Crippen molar-refractivity contribution in [2.75, 3.05) is 4.90 Å². The average molecular weight is 456 g/mol. The Hall–Kier alpha value is -2.28. The highest BCUT2D eigenvalue weighted by Crippen LogP contribution is 2.43. The lowest BCUT2D eigenvalue weighted by molar-refractivity contribution is -0.136. The second kappa shape index (κ2) is 7.28. The van der Waals surface area contributed by atoms with Crippen LogP contribution < -0.4 is 4.90 Å². The van der Waals surface area contributed by atoms with Crippen molar-refractivity contribution < 1.29 is 14.7 Å². The number of hydrogen-bond donors (Lipinski definition) is 1.